The summed E-state index contributed by atoms with van der Waals surface area (Å²) in [7, 11) is 3.06. The second-order valence-electron chi connectivity index (χ2n) is 6.65. The highest BCUT2D eigenvalue weighted by Crippen LogP contribution is 2.12. The van der Waals surface area contributed by atoms with E-state index < -0.39 is 0 Å². The number of allylic oxidation sites excluding steroid dienone is 2. The molecule has 0 aliphatic heterocycles. The molecular formula is C27H39ClN4O4. The van der Waals surface area contributed by atoms with Crippen molar-refractivity contribution in [1.82, 2.24) is 5.32 Å². The Hall–Kier alpha value is -3.65. The maximum atomic E-state index is 12.1. The Morgan fingerprint density at radius 3 is 2.19 bits per heavy atom. The van der Waals surface area contributed by atoms with Gasteiger partial charge in [0.2, 0.25) is 6.41 Å². The van der Waals surface area contributed by atoms with Crippen LogP contribution in [-0.4, -0.2) is 38.3 Å². The van der Waals surface area contributed by atoms with Gasteiger partial charge in [0.1, 0.15) is 13.7 Å². The maximum Gasteiger partial charge on any atom is 0.206 e. The molecule has 0 aromatic heterocycles. The van der Waals surface area contributed by atoms with Gasteiger partial charge in [0, 0.05) is 34.8 Å². The lowest BCUT2D eigenvalue weighted by Gasteiger charge is -2.07. The van der Waals surface area contributed by atoms with Gasteiger partial charge in [-0.3, -0.25) is 9.59 Å². The zero-order valence-corrected chi connectivity index (χ0v) is 23.0. The topological polar surface area (TPSA) is 115 Å². The van der Waals surface area contributed by atoms with Crippen LogP contribution >= 0.6 is 11.6 Å². The van der Waals surface area contributed by atoms with Crippen molar-refractivity contribution >= 4 is 35.7 Å². The SMILES string of the molecule is CC.CCC.CNC=O.CO/N=C(/C)c1ccccc1CO/N=C/C(N)=C/C(=O)c1ccc(Cl)cc1. The van der Waals surface area contributed by atoms with Crippen molar-refractivity contribution in [3.63, 3.8) is 0 Å². The molecule has 8 nitrogen and oxygen atoms in total. The maximum absolute atomic E-state index is 12.1. The van der Waals surface area contributed by atoms with Gasteiger partial charge in [0.15, 0.2) is 5.78 Å². The Balaban J connectivity index is 0. The molecule has 9 heteroatoms. The number of rotatable bonds is 9. The highest BCUT2D eigenvalue weighted by molar-refractivity contribution is 6.30. The summed E-state index contributed by atoms with van der Waals surface area (Å²) in [6.07, 6.45) is 4.44. The van der Waals surface area contributed by atoms with Gasteiger partial charge in [-0.15, -0.1) is 0 Å². The summed E-state index contributed by atoms with van der Waals surface area (Å²) in [5.41, 5.74) is 8.98. The molecule has 0 aliphatic rings. The third-order valence-corrected chi connectivity index (χ3v) is 3.93. The molecule has 0 unspecified atom stereocenters. The van der Waals surface area contributed by atoms with E-state index in [1.807, 2.05) is 45.0 Å². The number of halogens is 1. The predicted octanol–water partition coefficient (Wildman–Crippen LogP) is 5.74. The number of hydrogen-bond donors (Lipinski definition) is 2. The molecule has 0 spiro atoms. The second kappa shape index (κ2) is 23.1. The molecule has 2 aromatic carbocycles. The number of benzene rings is 2. The molecule has 0 heterocycles. The fourth-order valence-corrected chi connectivity index (χ4v) is 2.40. The summed E-state index contributed by atoms with van der Waals surface area (Å²) in [5, 5.41) is 10.5. The zero-order valence-electron chi connectivity index (χ0n) is 22.2. The van der Waals surface area contributed by atoms with Crippen LogP contribution in [0.3, 0.4) is 0 Å². The third-order valence-electron chi connectivity index (χ3n) is 3.68. The van der Waals surface area contributed by atoms with Crippen LogP contribution in [0.5, 0.6) is 0 Å². The second-order valence-corrected chi connectivity index (χ2v) is 7.09. The van der Waals surface area contributed by atoms with Crippen LogP contribution in [0.1, 0.15) is 62.5 Å². The fourth-order valence-electron chi connectivity index (χ4n) is 2.28. The van der Waals surface area contributed by atoms with Crippen molar-refractivity contribution in [2.75, 3.05) is 14.2 Å². The van der Waals surface area contributed by atoms with Crippen molar-refractivity contribution in [1.29, 1.82) is 0 Å². The smallest absolute Gasteiger partial charge is 0.206 e. The Labute approximate surface area is 220 Å². The van der Waals surface area contributed by atoms with E-state index in [2.05, 4.69) is 29.5 Å². The lowest BCUT2D eigenvalue weighted by molar-refractivity contribution is -0.109. The average Bonchev–Trinajstić information content (AvgIpc) is 2.89. The van der Waals surface area contributed by atoms with Gasteiger partial charge < -0.3 is 20.7 Å². The van der Waals surface area contributed by atoms with Crippen LogP contribution in [0.25, 0.3) is 0 Å². The first-order chi connectivity index (χ1) is 17.3. The Morgan fingerprint density at radius 1 is 1.11 bits per heavy atom. The van der Waals surface area contributed by atoms with Crippen molar-refractivity contribution in [2.45, 2.75) is 47.6 Å². The van der Waals surface area contributed by atoms with Crippen molar-refractivity contribution < 1.29 is 19.3 Å². The lowest BCUT2D eigenvalue weighted by atomic mass is 10.0. The van der Waals surface area contributed by atoms with Gasteiger partial charge in [-0.1, -0.05) is 80.3 Å². The van der Waals surface area contributed by atoms with Crippen molar-refractivity contribution in [3.8, 4) is 0 Å². The van der Waals surface area contributed by atoms with Crippen LogP contribution in [0.4, 0.5) is 0 Å². The Morgan fingerprint density at radius 2 is 1.67 bits per heavy atom. The van der Waals surface area contributed by atoms with Crippen LogP contribution < -0.4 is 11.1 Å². The molecule has 0 aliphatic carbocycles. The molecule has 0 atom stereocenters. The van der Waals surface area contributed by atoms with E-state index in [4.69, 9.17) is 31.8 Å². The zero-order chi connectivity index (χ0) is 27.8. The van der Waals surface area contributed by atoms with Gasteiger partial charge in [-0.2, -0.15) is 0 Å². The summed E-state index contributed by atoms with van der Waals surface area (Å²) < 4.78 is 0. The third kappa shape index (κ3) is 16.1. The predicted molar refractivity (Wildman–Crippen MR) is 149 cm³/mol. The Bertz CT molecular complexity index is 959. The Kier molecular flexibility index (Phi) is 22.2. The molecule has 36 heavy (non-hydrogen) atoms. The highest BCUT2D eigenvalue weighted by atomic mass is 35.5. The van der Waals surface area contributed by atoms with E-state index in [9.17, 15) is 4.79 Å². The number of carbonyl (C=O) groups is 2. The molecule has 0 saturated carbocycles. The van der Waals surface area contributed by atoms with Gasteiger partial charge >= 0.3 is 0 Å². The molecule has 2 aromatic rings. The van der Waals surface area contributed by atoms with Crippen LogP contribution in [0.2, 0.25) is 5.02 Å². The van der Waals surface area contributed by atoms with E-state index in [0.717, 1.165) is 16.8 Å². The summed E-state index contributed by atoms with van der Waals surface area (Å²) in [6, 6.07) is 14.2. The van der Waals surface area contributed by atoms with Crippen molar-refractivity contribution in [3.05, 3.63) is 82.0 Å². The van der Waals surface area contributed by atoms with Crippen LogP contribution in [0.15, 0.2) is 70.6 Å². The quantitative estimate of drug-likeness (QED) is 0.144. The van der Waals surface area contributed by atoms with Crippen molar-refractivity contribution in [2.24, 2.45) is 16.0 Å². The molecule has 0 bridgehead atoms. The van der Waals surface area contributed by atoms with Gasteiger partial charge in [0.05, 0.1) is 17.6 Å². The first-order valence-electron chi connectivity index (χ1n) is 11.5. The highest BCUT2D eigenvalue weighted by Gasteiger charge is 2.06. The summed E-state index contributed by atoms with van der Waals surface area (Å²) in [5.74, 6) is -0.243. The number of amides is 1. The minimum atomic E-state index is -0.243. The van der Waals surface area contributed by atoms with Crippen LogP contribution in [0, 0.1) is 0 Å². The summed E-state index contributed by atoms with van der Waals surface area (Å²) >= 11 is 5.80. The minimum Gasteiger partial charge on any atom is -0.399 e. The number of carbonyl (C=O) groups excluding carboxylic acids is 2. The molecule has 198 valence electrons. The molecule has 3 N–H and O–H groups in total. The van der Waals surface area contributed by atoms with Crippen LogP contribution in [-0.2, 0) is 21.1 Å². The number of nitrogens with two attached hydrogens (primary N) is 1. The van der Waals surface area contributed by atoms with Gasteiger partial charge in [-0.05, 0) is 31.2 Å². The standard InChI is InChI=1S/C20H20ClN3O3.C3H8.C2H5NO.C2H6/c1-14(24-26-2)19-6-4-3-5-16(19)13-27-23-12-18(22)11-20(25)15-7-9-17(21)10-8-15;1-3-2;1-3-2-4;1-2/h3-12H,13,22H2,1-2H3;3H2,1-2H3;2H,1H3,(H,3,4);1-2H3/b18-11-,23-12+,24-14-;;;. The average molecular weight is 519 g/mol. The normalized spacial score (nSPS) is 10.4. The number of oxime groups is 2. The minimum absolute atomic E-state index is 0.181. The molecule has 2 rings (SSSR count). The summed E-state index contributed by atoms with van der Waals surface area (Å²) in [6.45, 7) is 10.3. The molecule has 1 amide bonds. The number of nitrogens with zero attached hydrogens (tertiary/aromatic N) is 2. The molecule has 0 radical (unpaired) electrons. The summed E-state index contributed by atoms with van der Waals surface area (Å²) in [4.78, 5) is 31.2. The fraction of sp³-hybridized carbons (Fsp3) is 0.333. The van der Waals surface area contributed by atoms with E-state index in [1.165, 1.54) is 25.8 Å². The first kappa shape index (κ1) is 34.5. The largest absolute Gasteiger partial charge is 0.399 e. The van der Waals surface area contributed by atoms with E-state index in [1.54, 1.807) is 31.3 Å². The number of nitrogens with one attached hydrogen (secondary N) is 1. The molecule has 0 saturated heterocycles. The number of ketones is 1. The van der Waals surface area contributed by atoms with Gasteiger partial charge in [-0.25, -0.2) is 0 Å². The van der Waals surface area contributed by atoms with Gasteiger partial charge in [0.25, 0.3) is 0 Å². The van der Waals surface area contributed by atoms with E-state index in [-0.39, 0.29) is 18.1 Å². The monoisotopic (exact) mass is 518 g/mol. The molecule has 0 fully saturated rings. The van der Waals surface area contributed by atoms with E-state index in [0.29, 0.717) is 17.0 Å². The molecular weight excluding hydrogens is 480 g/mol. The number of hydrogen-bond acceptors (Lipinski definition) is 7. The lowest BCUT2D eigenvalue weighted by Crippen LogP contribution is -2.05. The van der Waals surface area contributed by atoms with E-state index >= 15 is 0 Å². The first-order valence-corrected chi connectivity index (χ1v) is 11.9.